The summed E-state index contributed by atoms with van der Waals surface area (Å²) in [7, 11) is 0. The molecule has 10 aromatic rings. The Bertz CT molecular complexity index is 3200. The van der Waals surface area contributed by atoms with Crippen LogP contribution >= 0.6 is 0 Å². The van der Waals surface area contributed by atoms with Gasteiger partial charge in [-0.25, -0.2) is 0 Å². The lowest BCUT2D eigenvalue weighted by Crippen LogP contribution is -2.16. The highest BCUT2D eigenvalue weighted by Crippen LogP contribution is 2.51. The molecular formula is C61H45N. The third-order valence-corrected chi connectivity index (χ3v) is 12.9. The number of fused-ring (bicyclic) bond motifs is 5. The van der Waals surface area contributed by atoms with Gasteiger partial charge in [-0.2, -0.15) is 0 Å². The standard InChI is InChI=1S/C61H45N/c1-61(2)58-40-42(31-35-55(58)56-37-34-48(41-59(56)61)62(46-22-11-5-12-23-46)47-24-13-6-14-25-47)30-32-45-33-36-53(52-27-16-15-26-49(45)52)54-39-38-51(44-20-9-4-10-21-44)60-50(28-17-29-57(54)60)43-18-7-3-8-19-43/h3-41H,1-2H3/b32-30+. The van der Waals surface area contributed by atoms with Crippen molar-refractivity contribution in [3.63, 3.8) is 0 Å². The molecule has 0 saturated heterocycles. The molecule has 1 aliphatic rings. The van der Waals surface area contributed by atoms with E-state index in [4.69, 9.17) is 0 Å². The van der Waals surface area contributed by atoms with E-state index < -0.39 is 0 Å². The van der Waals surface area contributed by atoms with Crippen LogP contribution in [0, 0.1) is 0 Å². The Morgan fingerprint density at radius 1 is 0.339 bits per heavy atom. The molecule has 0 aromatic heterocycles. The molecule has 0 atom stereocenters. The minimum atomic E-state index is -0.170. The Balaban J connectivity index is 0.960. The number of para-hydroxylation sites is 2. The largest absolute Gasteiger partial charge is 0.310 e. The zero-order valence-electron chi connectivity index (χ0n) is 35.0. The minimum absolute atomic E-state index is 0.170. The molecule has 294 valence electrons. The highest BCUT2D eigenvalue weighted by molar-refractivity contribution is 6.15. The van der Waals surface area contributed by atoms with Gasteiger partial charge in [-0.1, -0.05) is 214 Å². The van der Waals surface area contributed by atoms with E-state index in [1.807, 2.05) is 0 Å². The summed E-state index contributed by atoms with van der Waals surface area (Å²) in [6.07, 6.45) is 4.58. The van der Waals surface area contributed by atoms with Gasteiger partial charge in [0.05, 0.1) is 0 Å². The first kappa shape index (κ1) is 37.3. The van der Waals surface area contributed by atoms with E-state index in [0.29, 0.717) is 0 Å². The van der Waals surface area contributed by atoms with Crippen molar-refractivity contribution < 1.29 is 0 Å². The first-order valence-electron chi connectivity index (χ1n) is 21.6. The number of anilines is 3. The van der Waals surface area contributed by atoms with Crippen LogP contribution in [0.1, 0.15) is 36.1 Å². The summed E-state index contributed by atoms with van der Waals surface area (Å²) < 4.78 is 0. The Morgan fingerprint density at radius 3 is 1.48 bits per heavy atom. The number of hydrogen-bond acceptors (Lipinski definition) is 1. The molecule has 0 unspecified atom stereocenters. The van der Waals surface area contributed by atoms with E-state index >= 15 is 0 Å². The van der Waals surface area contributed by atoms with Gasteiger partial charge in [0.25, 0.3) is 0 Å². The maximum Gasteiger partial charge on any atom is 0.0465 e. The molecule has 0 spiro atoms. The first-order valence-corrected chi connectivity index (χ1v) is 21.6. The lowest BCUT2D eigenvalue weighted by atomic mass is 9.81. The van der Waals surface area contributed by atoms with Crippen molar-refractivity contribution in [2.24, 2.45) is 0 Å². The summed E-state index contributed by atoms with van der Waals surface area (Å²) in [6, 6.07) is 81.8. The van der Waals surface area contributed by atoms with Crippen molar-refractivity contribution in [1.82, 2.24) is 0 Å². The van der Waals surface area contributed by atoms with Crippen LogP contribution in [0.2, 0.25) is 0 Å². The first-order chi connectivity index (χ1) is 30.5. The van der Waals surface area contributed by atoms with Crippen LogP contribution in [0.3, 0.4) is 0 Å². The maximum atomic E-state index is 2.40. The van der Waals surface area contributed by atoms with Gasteiger partial charge >= 0.3 is 0 Å². The van der Waals surface area contributed by atoms with Gasteiger partial charge in [0.2, 0.25) is 0 Å². The van der Waals surface area contributed by atoms with Gasteiger partial charge in [0, 0.05) is 22.5 Å². The molecule has 0 radical (unpaired) electrons. The molecule has 0 N–H and O–H groups in total. The molecule has 62 heavy (non-hydrogen) atoms. The fourth-order valence-corrected chi connectivity index (χ4v) is 9.83. The molecule has 1 heteroatoms. The number of hydrogen-bond donors (Lipinski definition) is 0. The average Bonchev–Trinajstić information content (AvgIpc) is 3.56. The SMILES string of the molecule is CC1(C)c2cc(/C=C/c3ccc(-c4ccc(-c5ccccc5)c5c(-c6ccccc6)cccc45)c4ccccc34)ccc2-c2ccc(N(c3ccccc3)c3ccccc3)cc21. The van der Waals surface area contributed by atoms with E-state index in [9.17, 15) is 0 Å². The summed E-state index contributed by atoms with van der Waals surface area (Å²) in [5.41, 5.74) is 18.4. The van der Waals surface area contributed by atoms with E-state index in [1.54, 1.807) is 0 Å². The molecule has 0 aliphatic heterocycles. The van der Waals surface area contributed by atoms with Gasteiger partial charge in [0.15, 0.2) is 0 Å². The second-order valence-electron chi connectivity index (χ2n) is 16.9. The highest BCUT2D eigenvalue weighted by atomic mass is 15.1. The zero-order valence-corrected chi connectivity index (χ0v) is 35.0. The Labute approximate surface area is 364 Å². The Kier molecular flexibility index (Phi) is 9.24. The van der Waals surface area contributed by atoms with Crippen LogP contribution in [0.15, 0.2) is 224 Å². The predicted octanol–water partition coefficient (Wildman–Crippen LogP) is 16.9. The molecule has 0 amide bonds. The van der Waals surface area contributed by atoms with Crippen LogP contribution in [0.25, 0.3) is 78.2 Å². The molecule has 0 saturated carbocycles. The van der Waals surface area contributed by atoms with Crippen LogP contribution in [-0.4, -0.2) is 0 Å². The smallest absolute Gasteiger partial charge is 0.0465 e. The topological polar surface area (TPSA) is 3.24 Å². The lowest BCUT2D eigenvalue weighted by Gasteiger charge is -2.28. The van der Waals surface area contributed by atoms with Crippen LogP contribution in [0.4, 0.5) is 17.1 Å². The van der Waals surface area contributed by atoms with Crippen LogP contribution in [-0.2, 0) is 5.41 Å². The number of benzene rings is 10. The van der Waals surface area contributed by atoms with Gasteiger partial charge < -0.3 is 4.90 Å². The summed E-state index contributed by atoms with van der Waals surface area (Å²) in [5.74, 6) is 0. The second-order valence-corrected chi connectivity index (χ2v) is 16.9. The summed E-state index contributed by atoms with van der Waals surface area (Å²) in [4.78, 5) is 2.35. The van der Waals surface area contributed by atoms with Crippen molar-refractivity contribution in [2.75, 3.05) is 4.90 Å². The third kappa shape index (κ3) is 6.42. The Hall–Kier alpha value is -7.74. The van der Waals surface area contributed by atoms with Crippen molar-refractivity contribution in [3.05, 3.63) is 247 Å². The van der Waals surface area contributed by atoms with Crippen molar-refractivity contribution in [1.29, 1.82) is 0 Å². The molecule has 1 aliphatic carbocycles. The summed E-state index contributed by atoms with van der Waals surface area (Å²) in [5, 5.41) is 5.01. The average molecular weight is 792 g/mol. The molecule has 11 rings (SSSR count). The minimum Gasteiger partial charge on any atom is -0.310 e. The number of nitrogens with zero attached hydrogens (tertiary/aromatic N) is 1. The molecule has 0 fully saturated rings. The Morgan fingerprint density at radius 2 is 0.823 bits per heavy atom. The fraction of sp³-hybridized carbons (Fsp3) is 0.0492. The van der Waals surface area contributed by atoms with Crippen molar-refractivity contribution in [2.45, 2.75) is 19.3 Å². The lowest BCUT2D eigenvalue weighted by molar-refractivity contribution is 0.660. The molecule has 10 aromatic carbocycles. The summed E-state index contributed by atoms with van der Waals surface area (Å²) in [6.45, 7) is 4.74. The third-order valence-electron chi connectivity index (χ3n) is 12.9. The molecule has 1 nitrogen and oxygen atoms in total. The maximum absolute atomic E-state index is 2.40. The van der Waals surface area contributed by atoms with E-state index in [-0.39, 0.29) is 5.41 Å². The fourth-order valence-electron chi connectivity index (χ4n) is 9.83. The van der Waals surface area contributed by atoms with E-state index in [1.165, 1.54) is 88.3 Å². The zero-order chi connectivity index (χ0) is 41.6. The molecular weight excluding hydrogens is 747 g/mol. The van der Waals surface area contributed by atoms with Crippen molar-refractivity contribution in [3.8, 4) is 44.5 Å². The normalized spacial score (nSPS) is 12.7. The van der Waals surface area contributed by atoms with Gasteiger partial charge in [-0.3, -0.25) is 0 Å². The quantitative estimate of drug-likeness (QED) is 0.139. The second kappa shape index (κ2) is 15.4. The van der Waals surface area contributed by atoms with E-state index in [0.717, 1.165) is 17.1 Å². The monoisotopic (exact) mass is 791 g/mol. The highest BCUT2D eigenvalue weighted by Gasteiger charge is 2.36. The molecule has 0 heterocycles. The van der Waals surface area contributed by atoms with Crippen molar-refractivity contribution >= 4 is 50.8 Å². The van der Waals surface area contributed by atoms with E-state index in [2.05, 4.69) is 255 Å². The predicted molar refractivity (Wildman–Crippen MR) is 265 cm³/mol. The van der Waals surface area contributed by atoms with Gasteiger partial charge in [-0.15, -0.1) is 0 Å². The summed E-state index contributed by atoms with van der Waals surface area (Å²) >= 11 is 0. The van der Waals surface area contributed by atoms with Gasteiger partial charge in [-0.05, 0) is 125 Å². The number of rotatable bonds is 8. The van der Waals surface area contributed by atoms with Crippen LogP contribution in [0.5, 0.6) is 0 Å². The molecule has 0 bridgehead atoms. The van der Waals surface area contributed by atoms with Gasteiger partial charge in [0.1, 0.15) is 0 Å². The van der Waals surface area contributed by atoms with Crippen LogP contribution < -0.4 is 4.90 Å².